The van der Waals surface area contributed by atoms with Crippen LogP contribution in [0.5, 0.6) is 0 Å². The van der Waals surface area contributed by atoms with Crippen LogP contribution in [0.3, 0.4) is 0 Å². The second kappa shape index (κ2) is 11.8. The van der Waals surface area contributed by atoms with Gasteiger partial charge >= 0.3 is 11.4 Å². The zero-order valence-corrected chi connectivity index (χ0v) is 24.6. The van der Waals surface area contributed by atoms with Crippen molar-refractivity contribution in [3.05, 3.63) is 21.0 Å². The maximum absolute atomic E-state index is 13.7. The lowest BCUT2D eigenvalue weighted by Gasteiger charge is -2.38. The first-order chi connectivity index (χ1) is 20.5. The number of fused-ring (bicyclic) bond motifs is 4. The van der Waals surface area contributed by atoms with Gasteiger partial charge < -0.3 is 19.8 Å². The Morgan fingerprint density at radius 2 is 1.79 bits per heavy atom. The molecular formula is C29H47N7O6. The molecule has 42 heavy (non-hydrogen) atoms. The monoisotopic (exact) mass is 589 g/mol. The van der Waals surface area contributed by atoms with Gasteiger partial charge in [0.25, 0.3) is 0 Å². The summed E-state index contributed by atoms with van der Waals surface area (Å²) in [6.07, 6.45) is 10.8. The molecule has 1 unspecified atom stereocenters. The molecule has 13 nitrogen and oxygen atoms in total. The van der Waals surface area contributed by atoms with Crippen LogP contribution in [0.25, 0.3) is 0 Å². The van der Waals surface area contributed by atoms with Gasteiger partial charge in [-0.2, -0.15) is 5.53 Å². The number of oxime groups is 1. The van der Waals surface area contributed by atoms with Gasteiger partial charge in [0, 0.05) is 31.1 Å². The molecule has 0 amide bonds. The Balaban J connectivity index is 1.05. The number of aliphatic hydroxyl groups excluding tert-OH is 2. The van der Waals surface area contributed by atoms with E-state index in [4.69, 9.17) is 9.57 Å². The van der Waals surface area contributed by atoms with Gasteiger partial charge in [0.1, 0.15) is 24.4 Å². The van der Waals surface area contributed by atoms with Crippen LogP contribution >= 0.6 is 0 Å². The molecule has 0 bridgehead atoms. The molecule has 5 fully saturated rings. The highest BCUT2D eigenvalue weighted by atomic mass is 16.6. The van der Waals surface area contributed by atoms with Gasteiger partial charge in [0.2, 0.25) is 0 Å². The van der Waals surface area contributed by atoms with Crippen molar-refractivity contribution in [2.45, 2.75) is 139 Å². The number of nitrogens with one attached hydrogen (secondary N) is 2. The van der Waals surface area contributed by atoms with Gasteiger partial charge in [-0.1, -0.05) is 56.5 Å². The van der Waals surface area contributed by atoms with E-state index in [0.29, 0.717) is 31.1 Å². The Kier molecular flexibility index (Phi) is 8.08. The zero-order chi connectivity index (χ0) is 29.0. The van der Waals surface area contributed by atoms with E-state index in [2.05, 4.69) is 21.1 Å². The number of hydrazine groups is 2. The highest BCUT2D eigenvalue weighted by molar-refractivity contribution is 5.94. The first-order valence-corrected chi connectivity index (χ1v) is 16.4. The molecular weight excluding hydrogens is 542 g/mol. The number of hydrogen-bond acceptors (Lipinski definition) is 10. The van der Waals surface area contributed by atoms with Crippen molar-refractivity contribution >= 4 is 5.71 Å². The van der Waals surface area contributed by atoms with Gasteiger partial charge in [0.05, 0.1) is 24.4 Å². The third-order valence-corrected chi connectivity index (χ3v) is 10.9. The van der Waals surface area contributed by atoms with Crippen LogP contribution in [0, 0.1) is 11.8 Å². The van der Waals surface area contributed by atoms with E-state index in [1.54, 1.807) is 0 Å². The smallest absolute Gasteiger partial charge is 0.347 e. The molecule has 0 aromatic carbocycles. The van der Waals surface area contributed by atoms with E-state index in [1.807, 2.05) is 6.92 Å². The van der Waals surface area contributed by atoms with Gasteiger partial charge in [0.15, 0.2) is 0 Å². The Labute approximate surface area is 245 Å². The van der Waals surface area contributed by atoms with E-state index >= 15 is 0 Å². The average molecular weight is 590 g/mol. The topological polar surface area (TPSA) is 151 Å². The lowest BCUT2D eigenvalue weighted by Crippen LogP contribution is -2.53. The molecule has 3 saturated carbocycles. The van der Waals surface area contributed by atoms with Crippen LogP contribution in [-0.4, -0.2) is 84.5 Å². The number of rotatable bonds is 8. The normalized spacial score (nSPS) is 36.3. The molecule has 4 heterocycles. The molecule has 4 N–H and O–H groups in total. The minimum absolute atomic E-state index is 0.0423. The number of ether oxygens (including phenoxy) is 1. The van der Waals surface area contributed by atoms with Crippen LogP contribution < -0.4 is 22.3 Å². The van der Waals surface area contributed by atoms with Crippen molar-refractivity contribution in [2.24, 2.45) is 17.0 Å². The molecule has 234 valence electrons. The minimum atomic E-state index is -0.893. The third-order valence-electron chi connectivity index (χ3n) is 10.9. The summed E-state index contributed by atoms with van der Waals surface area (Å²) >= 11 is 0. The van der Waals surface area contributed by atoms with Crippen LogP contribution in [0.1, 0.15) is 96.1 Å². The predicted molar refractivity (Wildman–Crippen MR) is 154 cm³/mol. The summed E-state index contributed by atoms with van der Waals surface area (Å²) in [6, 6.07) is -0.688. The van der Waals surface area contributed by atoms with E-state index < -0.39 is 18.2 Å². The van der Waals surface area contributed by atoms with E-state index in [1.165, 1.54) is 46.0 Å². The van der Waals surface area contributed by atoms with Crippen LogP contribution in [-0.2, 0) is 16.1 Å². The van der Waals surface area contributed by atoms with Crippen molar-refractivity contribution in [1.82, 2.24) is 29.9 Å². The summed E-state index contributed by atoms with van der Waals surface area (Å²) in [5.74, 6) is 0.410. The van der Waals surface area contributed by atoms with Crippen molar-refractivity contribution in [2.75, 3.05) is 13.2 Å². The molecule has 2 saturated heterocycles. The molecule has 13 heteroatoms. The van der Waals surface area contributed by atoms with Crippen molar-refractivity contribution in [1.29, 1.82) is 0 Å². The number of hydrogen-bond donors (Lipinski definition) is 4. The number of epoxide rings is 1. The standard InChI is InChI=1S/C29H47N7O6/c1-17(22-15-33(32-30-22)20(16-37)14-18-8-4-2-5-9-18)42-31-23-21-12-13-34-28(39)35(19-10-6-3-7-11-19)29(40)36(34)24(21)25(38)27-26(23)41-27/h17-22,24-27,30,32,37-38H,2-16H2,1H3/b31-23-/t17-,20+,21-,22?,24-,25+,26-,27+/m1/s1. The van der Waals surface area contributed by atoms with Crippen LogP contribution in [0.2, 0.25) is 0 Å². The van der Waals surface area contributed by atoms with Crippen molar-refractivity contribution in [3.63, 3.8) is 0 Å². The second-order valence-electron chi connectivity index (χ2n) is 13.5. The maximum atomic E-state index is 13.7. The summed E-state index contributed by atoms with van der Waals surface area (Å²) in [4.78, 5) is 33.1. The predicted octanol–water partition coefficient (Wildman–Crippen LogP) is 0.805. The Hall–Kier alpha value is -2.03. The fraction of sp³-hybridized carbons (Fsp3) is 0.897. The van der Waals surface area contributed by atoms with Gasteiger partial charge in [-0.3, -0.25) is 0 Å². The first kappa shape index (κ1) is 28.7. The van der Waals surface area contributed by atoms with E-state index in [0.717, 1.165) is 38.5 Å². The van der Waals surface area contributed by atoms with Crippen molar-refractivity contribution in [3.8, 4) is 0 Å². The summed E-state index contributed by atoms with van der Waals surface area (Å²) in [6.45, 7) is 3.14. The highest BCUT2D eigenvalue weighted by Crippen LogP contribution is 2.46. The number of aliphatic hydroxyl groups is 2. The lowest BCUT2D eigenvalue weighted by molar-refractivity contribution is 0.0255. The van der Waals surface area contributed by atoms with E-state index in [-0.39, 0.29) is 54.2 Å². The molecule has 3 aliphatic carbocycles. The van der Waals surface area contributed by atoms with Crippen LogP contribution in [0.15, 0.2) is 14.7 Å². The Morgan fingerprint density at radius 1 is 1.05 bits per heavy atom. The van der Waals surface area contributed by atoms with Gasteiger partial charge in [-0.25, -0.2) is 34.0 Å². The Morgan fingerprint density at radius 3 is 2.52 bits per heavy atom. The highest BCUT2D eigenvalue weighted by Gasteiger charge is 2.61. The molecule has 8 atom stereocenters. The zero-order valence-electron chi connectivity index (χ0n) is 24.6. The molecule has 3 aliphatic heterocycles. The molecule has 0 spiro atoms. The van der Waals surface area contributed by atoms with Gasteiger partial charge in [-0.15, -0.1) is 0 Å². The summed E-state index contributed by atoms with van der Waals surface area (Å²) in [5, 5.41) is 28.1. The van der Waals surface area contributed by atoms with E-state index in [9.17, 15) is 19.8 Å². The minimum Gasteiger partial charge on any atom is -0.395 e. The lowest BCUT2D eigenvalue weighted by atomic mass is 9.78. The third kappa shape index (κ3) is 5.09. The fourth-order valence-electron chi connectivity index (χ4n) is 8.41. The maximum Gasteiger partial charge on any atom is 0.347 e. The molecule has 1 aromatic heterocycles. The first-order valence-electron chi connectivity index (χ1n) is 16.4. The molecule has 0 radical (unpaired) electrons. The number of aromatic nitrogens is 3. The molecule has 7 rings (SSSR count). The average Bonchev–Trinajstić information content (AvgIpc) is 3.59. The quantitative estimate of drug-likeness (QED) is 0.255. The van der Waals surface area contributed by atoms with Gasteiger partial charge in [-0.05, 0) is 38.5 Å². The number of nitrogens with zero attached hydrogens (tertiary/aromatic N) is 5. The summed E-state index contributed by atoms with van der Waals surface area (Å²) in [5.41, 5.74) is 6.67. The van der Waals surface area contributed by atoms with Crippen molar-refractivity contribution < 1.29 is 19.8 Å². The SMILES string of the molecule is C[C@@H](O/N=C1/[C@H]2CCn3c(=O)n(C4CCCCC4)c(=O)n3[C@H]2[C@H](O)[C@@H]2O[C@H]12)C1CN([C@H](CO)CC2CCCCC2)NN1. The largest absolute Gasteiger partial charge is 0.395 e. The molecule has 6 aliphatic rings. The summed E-state index contributed by atoms with van der Waals surface area (Å²) < 4.78 is 10.3. The fourth-order valence-corrected chi connectivity index (χ4v) is 8.41. The summed E-state index contributed by atoms with van der Waals surface area (Å²) in [7, 11) is 0. The Bertz CT molecular complexity index is 1260. The second-order valence-corrected chi connectivity index (χ2v) is 13.5. The van der Waals surface area contributed by atoms with Crippen LogP contribution in [0.4, 0.5) is 0 Å². The molecule has 1 aromatic rings.